The molecule has 0 saturated heterocycles. The lowest BCUT2D eigenvalue weighted by molar-refractivity contribution is 0.174. The van der Waals surface area contributed by atoms with Gasteiger partial charge in [-0.2, -0.15) is 0 Å². The molecule has 1 aliphatic rings. The van der Waals surface area contributed by atoms with E-state index in [9.17, 15) is 5.11 Å². The van der Waals surface area contributed by atoms with Crippen molar-refractivity contribution in [3.8, 4) is 17.2 Å². The Labute approximate surface area is 98.4 Å². The Bertz CT molecular complexity index is 537. The quantitative estimate of drug-likeness (QED) is 0.777. The summed E-state index contributed by atoms with van der Waals surface area (Å²) in [6.45, 7) is 0.276. The molecule has 0 unspecified atom stereocenters. The first-order valence-electron chi connectivity index (χ1n) is 5.27. The molecule has 4 heteroatoms. The molecule has 2 aromatic rings. The maximum absolute atomic E-state index is 9.19. The van der Waals surface area contributed by atoms with Gasteiger partial charge in [-0.15, -0.1) is 0 Å². The number of benzene rings is 2. The predicted molar refractivity (Wildman–Crippen MR) is 64.0 cm³/mol. The van der Waals surface area contributed by atoms with Crippen LogP contribution in [0.4, 0.5) is 11.4 Å². The van der Waals surface area contributed by atoms with E-state index in [2.05, 4.69) is 5.32 Å². The van der Waals surface area contributed by atoms with Crippen LogP contribution in [0.15, 0.2) is 42.5 Å². The summed E-state index contributed by atoms with van der Waals surface area (Å²) < 4.78 is 10.5. The summed E-state index contributed by atoms with van der Waals surface area (Å²) >= 11 is 0. The highest BCUT2D eigenvalue weighted by atomic mass is 16.7. The largest absolute Gasteiger partial charge is 0.508 e. The highest BCUT2D eigenvalue weighted by Crippen LogP contribution is 2.35. The fourth-order valence-corrected chi connectivity index (χ4v) is 1.69. The number of hydrogen-bond donors (Lipinski definition) is 2. The number of phenolic OH excluding ortho intramolecular Hbond substituents is 1. The molecule has 0 amide bonds. The number of fused-ring (bicyclic) bond motifs is 1. The second-order valence-corrected chi connectivity index (χ2v) is 3.74. The van der Waals surface area contributed by atoms with Crippen molar-refractivity contribution in [3.63, 3.8) is 0 Å². The maximum atomic E-state index is 9.19. The van der Waals surface area contributed by atoms with Crippen LogP contribution in [0.2, 0.25) is 0 Å². The number of hydrogen-bond acceptors (Lipinski definition) is 4. The van der Waals surface area contributed by atoms with Gasteiger partial charge in [-0.25, -0.2) is 0 Å². The monoisotopic (exact) mass is 229 g/mol. The van der Waals surface area contributed by atoms with Gasteiger partial charge < -0.3 is 19.9 Å². The van der Waals surface area contributed by atoms with Gasteiger partial charge in [-0.1, -0.05) is 0 Å². The lowest BCUT2D eigenvalue weighted by Crippen LogP contribution is -1.93. The highest BCUT2D eigenvalue weighted by molar-refractivity contribution is 5.64. The Morgan fingerprint density at radius 3 is 2.41 bits per heavy atom. The van der Waals surface area contributed by atoms with E-state index in [1.807, 2.05) is 18.2 Å². The standard InChI is InChI=1S/C13H11NO3/c15-11-4-1-9(2-5-11)14-10-3-6-12-13(7-10)17-8-16-12/h1-7,14-15H,8H2. The topological polar surface area (TPSA) is 50.7 Å². The molecule has 0 aromatic heterocycles. The number of nitrogens with one attached hydrogen (secondary N) is 1. The van der Waals surface area contributed by atoms with E-state index in [1.165, 1.54) is 0 Å². The minimum atomic E-state index is 0.251. The normalized spacial score (nSPS) is 12.5. The second kappa shape index (κ2) is 3.90. The predicted octanol–water partition coefficient (Wildman–Crippen LogP) is 2.86. The van der Waals surface area contributed by atoms with Crippen molar-refractivity contribution in [1.29, 1.82) is 0 Å². The zero-order valence-electron chi connectivity index (χ0n) is 9.01. The van der Waals surface area contributed by atoms with E-state index in [1.54, 1.807) is 24.3 Å². The summed E-state index contributed by atoms with van der Waals surface area (Å²) in [7, 11) is 0. The number of ether oxygens (including phenoxy) is 2. The molecule has 1 aliphatic heterocycles. The number of rotatable bonds is 2. The van der Waals surface area contributed by atoms with Crippen molar-refractivity contribution in [2.24, 2.45) is 0 Å². The molecule has 17 heavy (non-hydrogen) atoms. The summed E-state index contributed by atoms with van der Waals surface area (Å²) in [6.07, 6.45) is 0. The molecule has 4 nitrogen and oxygen atoms in total. The van der Waals surface area contributed by atoms with Crippen LogP contribution >= 0.6 is 0 Å². The molecule has 3 rings (SSSR count). The third-order valence-corrected chi connectivity index (χ3v) is 2.53. The zero-order valence-corrected chi connectivity index (χ0v) is 9.01. The molecular weight excluding hydrogens is 218 g/mol. The van der Waals surface area contributed by atoms with Crippen LogP contribution in [-0.2, 0) is 0 Å². The summed E-state index contributed by atoms with van der Waals surface area (Å²) in [5, 5.41) is 12.4. The summed E-state index contributed by atoms with van der Waals surface area (Å²) in [6, 6.07) is 12.5. The lowest BCUT2D eigenvalue weighted by atomic mass is 10.2. The molecule has 0 fully saturated rings. The average Bonchev–Trinajstić information content (AvgIpc) is 2.79. The van der Waals surface area contributed by atoms with Crippen LogP contribution in [0.25, 0.3) is 0 Å². The number of anilines is 2. The average molecular weight is 229 g/mol. The van der Waals surface area contributed by atoms with Crippen LogP contribution in [0.5, 0.6) is 17.2 Å². The van der Waals surface area contributed by atoms with Crippen LogP contribution < -0.4 is 14.8 Å². The minimum Gasteiger partial charge on any atom is -0.508 e. The van der Waals surface area contributed by atoms with E-state index < -0.39 is 0 Å². The smallest absolute Gasteiger partial charge is 0.231 e. The molecule has 0 spiro atoms. The van der Waals surface area contributed by atoms with Gasteiger partial charge >= 0.3 is 0 Å². The fourth-order valence-electron chi connectivity index (χ4n) is 1.69. The van der Waals surface area contributed by atoms with Gasteiger partial charge in [0.05, 0.1) is 0 Å². The first-order chi connectivity index (χ1) is 8.31. The Hall–Kier alpha value is -2.36. The second-order valence-electron chi connectivity index (χ2n) is 3.74. The molecule has 0 aliphatic carbocycles. The fraction of sp³-hybridized carbons (Fsp3) is 0.0769. The molecular formula is C13H11NO3. The van der Waals surface area contributed by atoms with E-state index in [0.29, 0.717) is 0 Å². The summed E-state index contributed by atoms with van der Waals surface area (Å²) in [5.74, 6) is 1.76. The first-order valence-corrected chi connectivity index (χ1v) is 5.27. The van der Waals surface area contributed by atoms with Crippen molar-refractivity contribution < 1.29 is 14.6 Å². The number of aromatic hydroxyl groups is 1. The van der Waals surface area contributed by atoms with E-state index in [-0.39, 0.29) is 12.5 Å². The summed E-state index contributed by atoms with van der Waals surface area (Å²) in [4.78, 5) is 0. The first kappa shape index (κ1) is 9.84. The van der Waals surface area contributed by atoms with Gasteiger partial charge in [0.2, 0.25) is 6.79 Å². The van der Waals surface area contributed by atoms with E-state index >= 15 is 0 Å². The molecule has 2 aromatic carbocycles. The third kappa shape index (κ3) is 1.97. The van der Waals surface area contributed by atoms with Gasteiger partial charge in [0.15, 0.2) is 11.5 Å². The Kier molecular flexibility index (Phi) is 2.26. The van der Waals surface area contributed by atoms with E-state index in [0.717, 1.165) is 22.9 Å². The molecule has 0 bridgehead atoms. The van der Waals surface area contributed by atoms with E-state index in [4.69, 9.17) is 9.47 Å². The Balaban J connectivity index is 1.83. The van der Waals surface area contributed by atoms with Crippen molar-refractivity contribution >= 4 is 11.4 Å². The van der Waals surface area contributed by atoms with Gasteiger partial charge in [-0.3, -0.25) is 0 Å². The Morgan fingerprint density at radius 2 is 1.59 bits per heavy atom. The molecule has 1 heterocycles. The zero-order chi connectivity index (χ0) is 11.7. The van der Waals surface area contributed by atoms with Gasteiger partial charge in [0.1, 0.15) is 5.75 Å². The molecule has 86 valence electrons. The van der Waals surface area contributed by atoms with Gasteiger partial charge in [0.25, 0.3) is 0 Å². The molecule has 2 N–H and O–H groups in total. The van der Waals surface area contributed by atoms with Gasteiger partial charge in [0, 0.05) is 17.4 Å². The highest BCUT2D eigenvalue weighted by Gasteiger charge is 2.12. The third-order valence-electron chi connectivity index (χ3n) is 2.53. The molecule has 0 saturated carbocycles. The van der Waals surface area contributed by atoms with Crippen LogP contribution in [0.3, 0.4) is 0 Å². The minimum absolute atomic E-state index is 0.251. The lowest BCUT2D eigenvalue weighted by Gasteiger charge is -2.07. The van der Waals surface area contributed by atoms with Crippen LogP contribution in [-0.4, -0.2) is 11.9 Å². The SMILES string of the molecule is Oc1ccc(Nc2ccc3c(c2)OCO3)cc1. The van der Waals surface area contributed by atoms with Crippen LogP contribution in [0, 0.1) is 0 Å². The molecule has 0 atom stereocenters. The Morgan fingerprint density at radius 1 is 0.882 bits per heavy atom. The summed E-state index contributed by atoms with van der Waals surface area (Å²) in [5.41, 5.74) is 1.82. The molecule has 0 radical (unpaired) electrons. The van der Waals surface area contributed by atoms with Crippen LogP contribution in [0.1, 0.15) is 0 Å². The number of phenols is 1. The maximum Gasteiger partial charge on any atom is 0.231 e. The van der Waals surface area contributed by atoms with Crippen molar-refractivity contribution in [2.75, 3.05) is 12.1 Å². The van der Waals surface area contributed by atoms with Crippen molar-refractivity contribution in [1.82, 2.24) is 0 Å². The van der Waals surface area contributed by atoms with Crippen molar-refractivity contribution in [3.05, 3.63) is 42.5 Å². The van der Waals surface area contributed by atoms with Crippen molar-refractivity contribution in [2.45, 2.75) is 0 Å². The van der Waals surface area contributed by atoms with Gasteiger partial charge in [-0.05, 0) is 36.4 Å².